The Hall–Kier alpha value is -2.77. The highest BCUT2D eigenvalue weighted by molar-refractivity contribution is 5.92. The molecule has 0 saturated carbocycles. The normalized spacial score (nSPS) is 15.0. The molecule has 27 heavy (non-hydrogen) atoms. The van der Waals surface area contributed by atoms with E-state index in [0.717, 1.165) is 67.5 Å². The van der Waals surface area contributed by atoms with E-state index in [2.05, 4.69) is 36.6 Å². The lowest BCUT2D eigenvalue weighted by Gasteiger charge is -2.26. The van der Waals surface area contributed by atoms with E-state index in [9.17, 15) is 0 Å². The largest absolute Gasteiger partial charge is 0.379 e. The molecule has 0 amide bonds. The molecule has 1 aromatic carbocycles. The highest BCUT2D eigenvalue weighted by Crippen LogP contribution is 2.23. The van der Waals surface area contributed by atoms with E-state index in [0.29, 0.717) is 5.95 Å². The third-order valence-electron chi connectivity index (χ3n) is 4.60. The summed E-state index contributed by atoms with van der Waals surface area (Å²) in [5, 5.41) is 8.85. The van der Waals surface area contributed by atoms with E-state index in [1.807, 2.05) is 37.3 Å². The highest BCUT2D eigenvalue weighted by Gasteiger charge is 2.10. The number of pyridine rings is 1. The van der Waals surface area contributed by atoms with Gasteiger partial charge < -0.3 is 15.4 Å². The molecule has 0 aliphatic carbocycles. The van der Waals surface area contributed by atoms with Crippen molar-refractivity contribution in [2.24, 2.45) is 0 Å². The number of rotatable bonds is 6. The van der Waals surface area contributed by atoms with Crippen molar-refractivity contribution in [1.29, 1.82) is 0 Å². The molecule has 0 radical (unpaired) electrons. The SMILES string of the molecule is Cc1cc(NCCN2CCOCC2)nc(Nc2nccc3ccccc23)n1. The summed E-state index contributed by atoms with van der Waals surface area (Å²) in [6.45, 7) is 7.39. The first-order valence-electron chi connectivity index (χ1n) is 9.28. The molecule has 140 valence electrons. The van der Waals surface area contributed by atoms with Gasteiger partial charge in [-0.05, 0) is 18.4 Å². The van der Waals surface area contributed by atoms with Crippen LogP contribution in [-0.2, 0) is 4.74 Å². The zero-order chi connectivity index (χ0) is 18.5. The van der Waals surface area contributed by atoms with Gasteiger partial charge in [0.05, 0.1) is 13.2 Å². The van der Waals surface area contributed by atoms with Crippen LogP contribution in [0.3, 0.4) is 0 Å². The molecule has 0 atom stereocenters. The Kier molecular flexibility index (Phi) is 5.41. The minimum absolute atomic E-state index is 0.549. The van der Waals surface area contributed by atoms with Gasteiger partial charge in [-0.25, -0.2) is 9.97 Å². The molecule has 2 aromatic heterocycles. The van der Waals surface area contributed by atoms with Gasteiger partial charge in [-0.15, -0.1) is 0 Å². The number of anilines is 3. The van der Waals surface area contributed by atoms with Crippen molar-refractivity contribution < 1.29 is 4.74 Å². The number of benzene rings is 1. The summed E-state index contributed by atoms with van der Waals surface area (Å²) < 4.78 is 5.39. The first-order valence-corrected chi connectivity index (χ1v) is 9.28. The Labute approximate surface area is 158 Å². The molecule has 1 aliphatic heterocycles. The Morgan fingerprint density at radius 3 is 2.85 bits per heavy atom. The van der Waals surface area contributed by atoms with Crippen LogP contribution in [0.5, 0.6) is 0 Å². The topological polar surface area (TPSA) is 75.2 Å². The summed E-state index contributed by atoms with van der Waals surface area (Å²) in [7, 11) is 0. The van der Waals surface area contributed by atoms with Crippen LogP contribution in [0.15, 0.2) is 42.6 Å². The van der Waals surface area contributed by atoms with Crippen molar-refractivity contribution in [3.05, 3.63) is 48.3 Å². The number of hydrogen-bond acceptors (Lipinski definition) is 7. The number of ether oxygens (including phenoxy) is 1. The fourth-order valence-corrected chi connectivity index (χ4v) is 3.21. The average molecular weight is 364 g/mol. The quantitative estimate of drug-likeness (QED) is 0.696. The van der Waals surface area contributed by atoms with Gasteiger partial charge in [-0.1, -0.05) is 24.3 Å². The van der Waals surface area contributed by atoms with Crippen molar-refractivity contribution in [3.63, 3.8) is 0 Å². The predicted octanol–water partition coefficient (Wildman–Crippen LogP) is 2.82. The van der Waals surface area contributed by atoms with Crippen LogP contribution in [0.1, 0.15) is 5.69 Å². The Balaban J connectivity index is 1.45. The first kappa shape index (κ1) is 17.6. The van der Waals surface area contributed by atoms with Gasteiger partial charge >= 0.3 is 0 Å². The molecule has 3 heterocycles. The molecule has 0 unspecified atom stereocenters. The molecule has 1 fully saturated rings. The summed E-state index contributed by atoms with van der Waals surface area (Å²) in [4.78, 5) is 16.0. The lowest BCUT2D eigenvalue weighted by Crippen LogP contribution is -2.39. The summed E-state index contributed by atoms with van der Waals surface area (Å²) in [6.07, 6.45) is 1.79. The number of fused-ring (bicyclic) bond motifs is 1. The maximum atomic E-state index is 5.39. The zero-order valence-corrected chi connectivity index (χ0v) is 15.5. The monoisotopic (exact) mass is 364 g/mol. The van der Waals surface area contributed by atoms with Crippen LogP contribution < -0.4 is 10.6 Å². The smallest absolute Gasteiger partial charge is 0.230 e. The summed E-state index contributed by atoms with van der Waals surface area (Å²) in [6, 6.07) is 12.1. The van der Waals surface area contributed by atoms with E-state index in [1.165, 1.54) is 0 Å². The second kappa shape index (κ2) is 8.28. The van der Waals surface area contributed by atoms with Crippen LogP contribution in [-0.4, -0.2) is 59.2 Å². The molecule has 1 saturated heterocycles. The third-order valence-corrected chi connectivity index (χ3v) is 4.60. The van der Waals surface area contributed by atoms with E-state index in [-0.39, 0.29) is 0 Å². The fraction of sp³-hybridized carbons (Fsp3) is 0.350. The van der Waals surface area contributed by atoms with E-state index in [4.69, 9.17) is 4.74 Å². The summed E-state index contributed by atoms with van der Waals surface area (Å²) in [5.74, 6) is 2.13. The first-order chi connectivity index (χ1) is 13.3. The van der Waals surface area contributed by atoms with Gasteiger partial charge in [0.25, 0.3) is 0 Å². The number of hydrogen-bond donors (Lipinski definition) is 2. The van der Waals surface area contributed by atoms with Crippen LogP contribution >= 0.6 is 0 Å². The Bertz CT molecular complexity index is 905. The maximum absolute atomic E-state index is 5.39. The number of aryl methyl sites for hydroxylation is 1. The average Bonchev–Trinajstić information content (AvgIpc) is 2.69. The number of nitrogens with one attached hydrogen (secondary N) is 2. The molecular formula is C20H24N6O. The second-order valence-electron chi connectivity index (χ2n) is 6.60. The molecule has 7 heteroatoms. The maximum Gasteiger partial charge on any atom is 0.230 e. The molecule has 3 aromatic rings. The summed E-state index contributed by atoms with van der Waals surface area (Å²) in [5.41, 5.74) is 0.904. The van der Waals surface area contributed by atoms with Crippen molar-refractivity contribution in [2.75, 3.05) is 50.0 Å². The van der Waals surface area contributed by atoms with Crippen LogP contribution in [0.2, 0.25) is 0 Å². The summed E-state index contributed by atoms with van der Waals surface area (Å²) >= 11 is 0. The lowest BCUT2D eigenvalue weighted by molar-refractivity contribution is 0.0398. The molecule has 0 bridgehead atoms. The van der Waals surface area contributed by atoms with E-state index < -0.39 is 0 Å². The van der Waals surface area contributed by atoms with Crippen molar-refractivity contribution in [2.45, 2.75) is 6.92 Å². The molecule has 4 rings (SSSR count). The standard InChI is InChI=1S/C20H24N6O/c1-15-14-18(21-8-9-26-10-12-27-13-11-26)24-20(23-15)25-19-17-5-3-2-4-16(17)6-7-22-19/h2-7,14H,8-13H2,1H3,(H2,21,22,23,24,25). The van der Waals surface area contributed by atoms with Crippen LogP contribution in [0, 0.1) is 6.92 Å². The van der Waals surface area contributed by atoms with Gasteiger partial charge in [0.2, 0.25) is 5.95 Å². The van der Waals surface area contributed by atoms with E-state index in [1.54, 1.807) is 6.20 Å². The lowest BCUT2D eigenvalue weighted by atomic mass is 10.1. The van der Waals surface area contributed by atoms with Crippen molar-refractivity contribution >= 4 is 28.4 Å². The highest BCUT2D eigenvalue weighted by atomic mass is 16.5. The molecular weight excluding hydrogens is 340 g/mol. The van der Waals surface area contributed by atoms with E-state index >= 15 is 0 Å². The Morgan fingerprint density at radius 2 is 1.96 bits per heavy atom. The van der Waals surface area contributed by atoms with Crippen LogP contribution in [0.25, 0.3) is 10.8 Å². The van der Waals surface area contributed by atoms with Gasteiger partial charge in [0.15, 0.2) is 0 Å². The number of aromatic nitrogens is 3. The van der Waals surface area contributed by atoms with Crippen molar-refractivity contribution in [1.82, 2.24) is 19.9 Å². The molecule has 0 spiro atoms. The Morgan fingerprint density at radius 1 is 1.11 bits per heavy atom. The second-order valence-corrected chi connectivity index (χ2v) is 6.60. The zero-order valence-electron chi connectivity index (χ0n) is 15.5. The minimum Gasteiger partial charge on any atom is -0.379 e. The van der Waals surface area contributed by atoms with Crippen molar-refractivity contribution in [3.8, 4) is 0 Å². The molecule has 7 nitrogen and oxygen atoms in total. The number of nitrogens with zero attached hydrogens (tertiary/aromatic N) is 4. The minimum atomic E-state index is 0.549. The van der Waals surface area contributed by atoms with Gasteiger partial charge in [-0.3, -0.25) is 4.90 Å². The predicted molar refractivity (Wildman–Crippen MR) is 108 cm³/mol. The van der Waals surface area contributed by atoms with Gasteiger partial charge in [0.1, 0.15) is 11.6 Å². The van der Waals surface area contributed by atoms with Crippen LogP contribution in [0.4, 0.5) is 17.6 Å². The molecule has 1 aliphatic rings. The van der Waals surface area contributed by atoms with Gasteiger partial charge in [0, 0.05) is 49.5 Å². The third kappa shape index (κ3) is 4.50. The van der Waals surface area contributed by atoms with Gasteiger partial charge in [-0.2, -0.15) is 4.98 Å². The fourth-order valence-electron chi connectivity index (χ4n) is 3.21. The molecule has 2 N–H and O–H groups in total. The number of morpholine rings is 1.